The Morgan fingerprint density at radius 3 is 1.12 bits per heavy atom. The van der Waals surface area contributed by atoms with Crippen LogP contribution in [0, 0.1) is 13.8 Å². The highest BCUT2D eigenvalue weighted by molar-refractivity contribution is 6.31. The normalized spacial score (nSPS) is 12.0. The maximum atomic E-state index is 6.57. The third-order valence-electron chi connectivity index (χ3n) is 10.0. The number of rotatable bonds is 4. The van der Waals surface area contributed by atoms with Crippen LogP contribution < -0.4 is 0 Å². The molecule has 0 bridgehead atoms. The van der Waals surface area contributed by atoms with E-state index in [1.54, 1.807) is 0 Å². The molecule has 0 aliphatic heterocycles. The summed E-state index contributed by atoms with van der Waals surface area (Å²) < 4.78 is 13.1. The van der Waals surface area contributed by atoms with Crippen LogP contribution in [0.1, 0.15) is 11.1 Å². The molecule has 0 aliphatic rings. The number of para-hydroxylation sites is 2. The fraction of sp³-hybridized carbons (Fsp3) is 0.0435. The highest BCUT2D eigenvalue weighted by Crippen LogP contribution is 2.49. The van der Waals surface area contributed by atoms with Crippen LogP contribution in [0.3, 0.4) is 0 Å². The van der Waals surface area contributed by atoms with Crippen LogP contribution in [0.2, 0.25) is 0 Å². The van der Waals surface area contributed by atoms with Gasteiger partial charge in [-0.1, -0.05) is 120 Å². The molecule has 2 aromatic heterocycles. The lowest BCUT2D eigenvalue weighted by Gasteiger charge is -2.20. The molecule has 0 fully saturated rings. The Hall–Kier alpha value is -6.12. The number of fused-ring (bicyclic) bond motifs is 2. The van der Waals surface area contributed by atoms with Gasteiger partial charge in [0.25, 0.3) is 0 Å². The second-order valence-electron chi connectivity index (χ2n) is 13.0. The summed E-state index contributed by atoms with van der Waals surface area (Å²) in [5, 5.41) is 9.48. The SMILES string of the molecule is Cc1ccc(-c2cc(-c3cc4ccccc4o3)c3ccc4c(-c5ccc(C)cc5)cc(-c5cc6ccccc6o5)c5ccc2c3c45)cc1. The van der Waals surface area contributed by atoms with Gasteiger partial charge < -0.3 is 8.83 Å². The average molecular weight is 615 g/mol. The van der Waals surface area contributed by atoms with Crippen molar-refractivity contribution in [2.24, 2.45) is 0 Å². The number of hydrogen-bond acceptors (Lipinski definition) is 2. The van der Waals surface area contributed by atoms with E-state index in [0.717, 1.165) is 44.6 Å². The minimum atomic E-state index is 0.874. The van der Waals surface area contributed by atoms with E-state index in [9.17, 15) is 0 Å². The molecule has 2 heteroatoms. The van der Waals surface area contributed by atoms with Crippen LogP contribution >= 0.6 is 0 Å². The molecule has 8 aromatic carbocycles. The van der Waals surface area contributed by atoms with Crippen molar-refractivity contribution in [3.05, 3.63) is 157 Å². The molecular formula is C46H30O2. The standard InChI is InChI=1S/C46H30O2/c1-27-11-15-29(16-12-27)37-25-39(43-23-31-7-3-5-9-41(31)47-43)35-22-20-34-38(30-17-13-28(2)14-18-30)26-40(36-21-19-33(37)45(35)46(34)36)44-24-32-8-4-6-10-42(32)48-44/h3-26H,1-2H3. The molecule has 0 atom stereocenters. The Kier molecular flexibility index (Phi) is 5.74. The second kappa shape index (κ2) is 10.2. The molecule has 10 rings (SSSR count). The second-order valence-corrected chi connectivity index (χ2v) is 13.0. The van der Waals surface area contributed by atoms with Gasteiger partial charge in [-0.15, -0.1) is 0 Å². The van der Waals surface area contributed by atoms with Crippen molar-refractivity contribution < 1.29 is 8.83 Å². The zero-order chi connectivity index (χ0) is 31.9. The molecule has 0 radical (unpaired) electrons. The first-order valence-corrected chi connectivity index (χ1v) is 16.5. The smallest absolute Gasteiger partial charge is 0.136 e. The van der Waals surface area contributed by atoms with Crippen LogP contribution in [-0.4, -0.2) is 0 Å². The molecule has 0 aliphatic carbocycles. The summed E-state index contributed by atoms with van der Waals surface area (Å²) >= 11 is 0. The van der Waals surface area contributed by atoms with Gasteiger partial charge in [0.2, 0.25) is 0 Å². The maximum Gasteiger partial charge on any atom is 0.136 e. The molecule has 0 saturated heterocycles. The molecular weight excluding hydrogens is 585 g/mol. The molecule has 0 unspecified atom stereocenters. The third-order valence-corrected chi connectivity index (χ3v) is 10.0. The van der Waals surface area contributed by atoms with Crippen LogP contribution in [0.25, 0.3) is 99.2 Å². The molecule has 0 spiro atoms. The van der Waals surface area contributed by atoms with E-state index in [1.807, 2.05) is 24.3 Å². The lowest BCUT2D eigenvalue weighted by atomic mass is 9.83. The molecule has 48 heavy (non-hydrogen) atoms. The minimum absolute atomic E-state index is 0.874. The highest BCUT2D eigenvalue weighted by Gasteiger charge is 2.23. The molecule has 2 nitrogen and oxygen atoms in total. The van der Waals surface area contributed by atoms with Gasteiger partial charge in [0.15, 0.2) is 0 Å². The quantitative estimate of drug-likeness (QED) is 0.184. The summed E-state index contributed by atoms with van der Waals surface area (Å²) in [7, 11) is 0. The van der Waals surface area contributed by atoms with Gasteiger partial charge in [0, 0.05) is 21.9 Å². The van der Waals surface area contributed by atoms with Crippen molar-refractivity contribution in [1.82, 2.24) is 0 Å². The van der Waals surface area contributed by atoms with Crippen molar-refractivity contribution in [1.29, 1.82) is 0 Å². The van der Waals surface area contributed by atoms with Gasteiger partial charge in [-0.3, -0.25) is 0 Å². The van der Waals surface area contributed by atoms with Crippen molar-refractivity contribution in [3.63, 3.8) is 0 Å². The van der Waals surface area contributed by atoms with Crippen molar-refractivity contribution in [2.45, 2.75) is 13.8 Å². The largest absolute Gasteiger partial charge is 0.456 e. The van der Waals surface area contributed by atoms with E-state index in [0.29, 0.717) is 0 Å². The highest BCUT2D eigenvalue weighted by atomic mass is 16.3. The lowest BCUT2D eigenvalue weighted by Crippen LogP contribution is -1.94. The van der Waals surface area contributed by atoms with Crippen LogP contribution in [0.4, 0.5) is 0 Å². The first-order valence-electron chi connectivity index (χ1n) is 16.5. The number of aryl methyl sites for hydroxylation is 2. The van der Waals surface area contributed by atoms with Crippen molar-refractivity contribution in [2.75, 3.05) is 0 Å². The Morgan fingerprint density at radius 1 is 0.354 bits per heavy atom. The summed E-state index contributed by atoms with van der Waals surface area (Å²) in [5.41, 5.74) is 11.2. The number of hydrogen-bond donors (Lipinski definition) is 0. The molecule has 0 N–H and O–H groups in total. The summed E-state index contributed by atoms with van der Waals surface area (Å²) in [6.45, 7) is 4.28. The Bertz CT molecular complexity index is 2560. The Morgan fingerprint density at radius 2 is 0.729 bits per heavy atom. The minimum Gasteiger partial charge on any atom is -0.456 e. The van der Waals surface area contributed by atoms with Crippen LogP contribution in [0.15, 0.2) is 154 Å². The first kappa shape index (κ1) is 27.0. The van der Waals surface area contributed by atoms with Crippen molar-refractivity contribution in [3.8, 4) is 44.9 Å². The molecule has 0 saturated carbocycles. The third kappa shape index (κ3) is 4.06. The van der Waals surface area contributed by atoms with Gasteiger partial charge >= 0.3 is 0 Å². The monoisotopic (exact) mass is 614 g/mol. The summed E-state index contributed by atoms with van der Waals surface area (Å²) in [6.07, 6.45) is 0. The van der Waals surface area contributed by atoms with Gasteiger partial charge in [-0.25, -0.2) is 0 Å². The lowest BCUT2D eigenvalue weighted by molar-refractivity contribution is 0.632. The molecule has 2 heterocycles. The van der Waals surface area contributed by atoms with Crippen LogP contribution in [-0.2, 0) is 0 Å². The van der Waals surface area contributed by atoms with Gasteiger partial charge in [0.1, 0.15) is 22.7 Å². The first-order chi connectivity index (χ1) is 23.6. The van der Waals surface area contributed by atoms with E-state index in [1.165, 1.54) is 65.7 Å². The summed E-state index contributed by atoms with van der Waals surface area (Å²) in [6, 6.07) is 52.5. The van der Waals surface area contributed by atoms with Crippen molar-refractivity contribution >= 4 is 54.3 Å². The molecule has 0 amide bonds. The number of furan rings is 2. The van der Waals surface area contributed by atoms with E-state index in [2.05, 4.69) is 135 Å². The van der Waals surface area contributed by atoms with Gasteiger partial charge in [-0.2, -0.15) is 0 Å². The Labute approximate surface area is 277 Å². The fourth-order valence-electron chi connectivity index (χ4n) is 7.57. The van der Waals surface area contributed by atoms with Gasteiger partial charge in [0.05, 0.1) is 0 Å². The van der Waals surface area contributed by atoms with Gasteiger partial charge in [-0.05, 0) is 105 Å². The van der Waals surface area contributed by atoms with Crippen LogP contribution in [0.5, 0.6) is 0 Å². The summed E-state index contributed by atoms with van der Waals surface area (Å²) in [5.74, 6) is 1.75. The van der Waals surface area contributed by atoms with E-state index < -0.39 is 0 Å². The molecule has 226 valence electrons. The zero-order valence-electron chi connectivity index (χ0n) is 26.7. The maximum absolute atomic E-state index is 6.57. The average Bonchev–Trinajstić information content (AvgIpc) is 3.76. The fourth-order valence-corrected chi connectivity index (χ4v) is 7.57. The Balaban J connectivity index is 1.38. The van der Waals surface area contributed by atoms with E-state index >= 15 is 0 Å². The van der Waals surface area contributed by atoms with E-state index in [4.69, 9.17) is 8.83 Å². The summed E-state index contributed by atoms with van der Waals surface area (Å²) in [4.78, 5) is 0. The molecule has 10 aromatic rings. The zero-order valence-corrected chi connectivity index (χ0v) is 26.7. The predicted molar refractivity (Wildman–Crippen MR) is 201 cm³/mol. The van der Waals surface area contributed by atoms with E-state index in [-0.39, 0.29) is 0 Å². The number of benzene rings is 8. The topological polar surface area (TPSA) is 26.3 Å². The predicted octanol–water partition coefficient (Wildman–Crippen LogP) is 13.4.